The molecule has 0 radical (unpaired) electrons. The zero-order valence-electron chi connectivity index (χ0n) is 18.6. The lowest BCUT2D eigenvalue weighted by Gasteiger charge is -2.18. The van der Waals surface area contributed by atoms with Gasteiger partial charge in [0.15, 0.2) is 11.5 Å². The van der Waals surface area contributed by atoms with Gasteiger partial charge in [0.05, 0.1) is 7.11 Å². The van der Waals surface area contributed by atoms with Crippen LogP contribution in [-0.4, -0.2) is 36.1 Å². The number of hydrogen-bond acceptors (Lipinski definition) is 5. The fourth-order valence-electron chi connectivity index (χ4n) is 3.09. The van der Waals surface area contributed by atoms with Crippen molar-refractivity contribution in [1.29, 1.82) is 0 Å². The van der Waals surface area contributed by atoms with Crippen molar-refractivity contribution in [1.82, 2.24) is 5.32 Å². The van der Waals surface area contributed by atoms with Crippen LogP contribution in [0.1, 0.15) is 32.3 Å². The van der Waals surface area contributed by atoms with Crippen LogP contribution in [-0.2, 0) is 20.8 Å². The molecule has 0 aromatic heterocycles. The maximum absolute atomic E-state index is 12.9. The van der Waals surface area contributed by atoms with Crippen LogP contribution in [0.4, 0.5) is 0 Å². The quantitative estimate of drug-likeness (QED) is 0.327. The summed E-state index contributed by atoms with van der Waals surface area (Å²) >= 11 is 0. The van der Waals surface area contributed by atoms with Gasteiger partial charge in [-0.2, -0.15) is 0 Å². The van der Waals surface area contributed by atoms with Crippen LogP contribution >= 0.6 is 0 Å². The Balaban J connectivity index is 2.20. The molecular weight excluding hydrogens is 410 g/mol. The molecule has 0 bridgehead atoms. The van der Waals surface area contributed by atoms with Gasteiger partial charge in [0.25, 0.3) is 5.91 Å². The number of carboxylic acids is 1. The Morgan fingerprint density at radius 3 is 2.69 bits per heavy atom. The Kier molecular flexibility index (Phi) is 9.01. The molecule has 0 aliphatic heterocycles. The number of carbonyl (C=O) groups excluding carboxylic acids is 2. The summed E-state index contributed by atoms with van der Waals surface area (Å²) in [6, 6.07) is 3.96. The zero-order valence-corrected chi connectivity index (χ0v) is 18.6. The van der Waals surface area contributed by atoms with Gasteiger partial charge in [-0.25, -0.2) is 4.79 Å². The maximum Gasteiger partial charge on any atom is 0.334 e. The van der Waals surface area contributed by atoms with E-state index in [0.717, 1.165) is 11.1 Å². The van der Waals surface area contributed by atoms with Gasteiger partial charge in [0, 0.05) is 12.0 Å². The predicted molar refractivity (Wildman–Crippen MR) is 121 cm³/mol. The van der Waals surface area contributed by atoms with Gasteiger partial charge in [-0.1, -0.05) is 42.9 Å². The molecule has 0 heterocycles. The third-order valence-corrected chi connectivity index (χ3v) is 5.10. The Hall–Kier alpha value is -3.61. The molecule has 32 heavy (non-hydrogen) atoms. The van der Waals surface area contributed by atoms with Gasteiger partial charge in [-0.3, -0.25) is 9.59 Å². The fourth-order valence-corrected chi connectivity index (χ4v) is 3.09. The lowest BCUT2D eigenvalue weighted by Crippen LogP contribution is -2.43. The second kappa shape index (κ2) is 11.7. The van der Waals surface area contributed by atoms with Crippen molar-refractivity contribution in [2.24, 2.45) is 5.92 Å². The highest BCUT2D eigenvalue weighted by atomic mass is 16.6. The highest BCUT2D eigenvalue weighted by molar-refractivity contribution is 5.99. The molecule has 1 aliphatic carbocycles. The molecule has 0 saturated carbocycles. The van der Waals surface area contributed by atoms with Crippen molar-refractivity contribution in [3.05, 3.63) is 71.9 Å². The average molecular weight is 440 g/mol. The zero-order chi connectivity index (χ0) is 23.7. The van der Waals surface area contributed by atoms with Crippen molar-refractivity contribution in [3.8, 4) is 11.5 Å². The molecule has 1 aromatic rings. The monoisotopic (exact) mass is 439 g/mol. The first-order valence-electron chi connectivity index (χ1n) is 10.3. The number of ether oxygens (including phenoxy) is 2. The molecule has 1 aliphatic rings. The third kappa shape index (κ3) is 6.97. The summed E-state index contributed by atoms with van der Waals surface area (Å²) in [4.78, 5) is 36.7. The lowest BCUT2D eigenvalue weighted by atomic mass is 10.0. The summed E-state index contributed by atoms with van der Waals surface area (Å²) < 4.78 is 10.8. The number of carboxylic acid groups (broad SMARTS) is 1. The Labute approximate surface area is 188 Å². The van der Waals surface area contributed by atoms with E-state index in [-0.39, 0.29) is 24.5 Å². The second-order valence-electron chi connectivity index (χ2n) is 7.54. The van der Waals surface area contributed by atoms with Crippen molar-refractivity contribution in [2.75, 3.05) is 7.11 Å². The molecule has 7 heteroatoms. The van der Waals surface area contributed by atoms with Crippen molar-refractivity contribution in [3.63, 3.8) is 0 Å². The molecule has 0 fully saturated rings. The van der Waals surface area contributed by atoms with E-state index in [1.807, 2.05) is 19.9 Å². The molecule has 0 spiro atoms. The Morgan fingerprint density at radius 2 is 2.03 bits per heavy atom. The summed E-state index contributed by atoms with van der Waals surface area (Å²) in [5, 5.41) is 11.7. The number of carbonyl (C=O) groups is 3. The van der Waals surface area contributed by atoms with E-state index >= 15 is 0 Å². The predicted octanol–water partition coefficient (Wildman–Crippen LogP) is 3.76. The van der Waals surface area contributed by atoms with Crippen LogP contribution in [0.2, 0.25) is 0 Å². The van der Waals surface area contributed by atoms with Gasteiger partial charge in [0.1, 0.15) is 6.04 Å². The molecule has 170 valence electrons. The first kappa shape index (κ1) is 24.7. The number of rotatable bonds is 10. The van der Waals surface area contributed by atoms with E-state index in [2.05, 4.69) is 11.9 Å². The minimum absolute atomic E-state index is 0.0495. The molecule has 2 N–H and O–H groups in total. The Bertz CT molecular complexity index is 973. The Morgan fingerprint density at radius 1 is 1.28 bits per heavy atom. The van der Waals surface area contributed by atoms with E-state index in [9.17, 15) is 14.4 Å². The largest absolute Gasteiger partial charge is 0.493 e. The van der Waals surface area contributed by atoms with Crippen LogP contribution < -0.4 is 14.8 Å². The SMILES string of the molecule is C=CCc1ccc(OC(=O)C(CCC(=O)O)NC(=O)C2=CC(C)C(C)=CC=C2)c(OC)c1. The van der Waals surface area contributed by atoms with Gasteiger partial charge >= 0.3 is 11.9 Å². The van der Waals surface area contributed by atoms with Crippen LogP contribution in [0.5, 0.6) is 11.5 Å². The molecule has 2 rings (SSSR count). The van der Waals surface area contributed by atoms with E-state index in [1.54, 1.807) is 42.5 Å². The topological polar surface area (TPSA) is 102 Å². The van der Waals surface area contributed by atoms with E-state index in [4.69, 9.17) is 14.6 Å². The smallest absolute Gasteiger partial charge is 0.334 e. The summed E-state index contributed by atoms with van der Waals surface area (Å²) in [5.41, 5.74) is 2.42. The van der Waals surface area contributed by atoms with Gasteiger partial charge < -0.3 is 19.9 Å². The van der Waals surface area contributed by atoms with Crippen LogP contribution in [0, 0.1) is 5.92 Å². The van der Waals surface area contributed by atoms with Crippen LogP contribution in [0.15, 0.2) is 66.3 Å². The number of amides is 1. The number of methoxy groups -OCH3 is 1. The number of nitrogens with one attached hydrogen (secondary N) is 1. The van der Waals surface area contributed by atoms with Crippen LogP contribution in [0.25, 0.3) is 0 Å². The first-order chi connectivity index (χ1) is 15.2. The van der Waals surface area contributed by atoms with E-state index in [1.165, 1.54) is 7.11 Å². The fraction of sp³-hybridized carbons (Fsp3) is 0.320. The molecule has 2 unspecified atom stereocenters. The average Bonchev–Trinajstić information content (AvgIpc) is 2.92. The molecule has 0 saturated heterocycles. The van der Waals surface area contributed by atoms with E-state index in [0.29, 0.717) is 17.7 Å². The lowest BCUT2D eigenvalue weighted by molar-refractivity contribution is -0.140. The third-order valence-electron chi connectivity index (χ3n) is 5.10. The summed E-state index contributed by atoms with van der Waals surface area (Å²) in [7, 11) is 1.45. The number of hydrogen-bond donors (Lipinski definition) is 2. The van der Waals surface area contributed by atoms with Crippen molar-refractivity contribution >= 4 is 17.8 Å². The molecule has 7 nitrogen and oxygen atoms in total. The second-order valence-corrected chi connectivity index (χ2v) is 7.54. The maximum atomic E-state index is 12.9. The normalized spacial score (nSPS) is 16.2. The number of esters is 1. The van der Waals surface area contributed by atoms with Crippen molar-refractivity contribution < 1.29 is 29.0 Å². The number of allylic oxidation sites excluding steroid dienone is 5. The summed E-state index contributed by atoms with van der Waals surface area (Å²) in [6.07, 6.45) is 9.09. The van der Waals surface area contributed by atoms with E-state index < -0.39 is 23.9 Å². The highest BCUT2D eigenvalue weighted by Gasteiger charge is 2.26. The highest BCUT2D eigenvalue weighted by Crippen LogP contribution is 2.29. The van der Waals surface area contributed by atoms with Crippen molar-refractivity contribution in [2.45, 2.75) is 39.2 Å². The van der Waals surface area contributed by atoms with Gasteiger partial charge in [-0.05, 0) is 49.5 Å². The minimum Gasteiger partial charge on any atom is -0.493 e. The molecule has 2 atom stereocenters. The molecule has 1 aromatic carbocycles. The van der Waals surface area contributed by atoms with Gasteiger partial charge in [-0.15, -0.1) is 6.58 Å². The van der Waals surface area contributed by atoms with Crippen LogP contribution in [0.3, 0.4) is 0 Å². The van der Waals surface area contributed by atoms with Gasteiger partial charge in [0.2, 0.25) is 0 Å². The molecule has 1 amide bonds. The first-order valence-corrected chi connectivity index (χ1v) is 10.3. The minimum atomic E-state index is -1.14. The number of benzene rings is 1. The summed E-state index contributed by atoms with van der Waals surface area (Å²) in [5.74, 6) is -1.74. The molecular formula is C25H29NO6. The standard InChI is InChI=1S/C25H29NO6/c1-5-7-18-10-12-21(22(15-18)31-4)32-25(30)20(11-13-23(27)28)26-24(29)19-9-6-8-16(2)17(3)14-19/h5-6,8-10,12,14-15,17,20H,1,7,11,13H2,2-4H3,(H,26,29)(H,27,28). The number of aliphatic carboxylic acids is 1. The summed E-state index contributed by atoms with van der Waals surface area (Å²) in [6.45, 7) is 7.62.